The molecule has 4 rings (SSSR count). The van der Waals surface area contributed by atoms with E-state index >= 15 is 0 Å². The minimum absolute atomic E-state index is 0.0563. The normalized spacial score (nSPS) is 11.9. The Morgan fingerprint density at radius 2 is 1.51 bits per heavy atom. The van der Waals surface area contributed by atoms with Crippen LogP contribution in [0.4, 0.5) is 10.1 Å². The first-order valence-electron chi connectivity index (χ1n) is 14.4. The van der Waals surface area contributed by atoms with E-state index in [2.05, 4.69) is 5.32 Å². The predicted molar refractivity (Wildman–Crippen MR) is 176 cm³/mol. The van der Waals surface area contributed by atoms with Crippen molar-refractivity contribution in [3.63, 3.8) is 0 Å². The highest BCUT2D eigenvalue weighted by molar-refractivity contribution is 7.92. The third-order valence-corrected chi connectivity index (χ3v) is 9.37. The number of carbonyl (C=O) groups is 2. The molecule has 4 aromatic carbocycles. The Morgan fingerprint density at radius 3 is 2.13 bits per heavy atom. The first-order valence-corrected chi connectivity index (χ1v) is 16.6. The minimum Gasteiger partial charge on any atom is -0.354 e. The molecule has 0 aliphatic rings. The predicted octanol–water partition coefficient (Wildman–Crippen LogP) is 6.80. The van der Waals surface area contributed by atoms with Gasteiger partial charge >= 0.3 is 0 Å². The summed E-state index contributed by atoms with van der Waals surface area (Å²) in [5.41, 5.74) is 1.85. The highest BCUT2D eigenvalue weighted by Crippen LogP contribution is 2.30. The molecular formula is C34H34Cl2FN3O4S. The van der Waals surface area contributed by atoms with Gasteiger partial charge in [0.1, 0.15) is 18.4 Å². The summed E-state index contributed by atoms with van der Waals surface area (Å²) in [6.45, 7) is 3.09. The number of benzene rings is 4. The van der Waals surface area contributed by atoms with E-state index in [0.717, 1.165) is 15.4 Å². The van der Waals surface area contributed by atoms with Gasteiger partial charge in [0.05, 0.1) is 10.6 Å². The van der Waals surface area contributed by atoms with E-state index in [1.807, 2.05) is 44.2 Å². The molecule has 45 heavy (non-hydrogen) atoms. The molecule has 0 aromatic heterocycles. The molecule has 0 saturated carbocycles. The molecule has 0 heterocycles. The van der Waals surface area contributed by atoms with Gasteiger partial charge in [-0.1, -0.05) is 96.4 Å². The third kappa shape index (κ3) is 8.84. The number of aryl methyl sites for hydroxylation is 1. The molecule has 0 aliphatic carbocycles. The number of hydrogen-bond acceptors (Lipinski definition) is 4. The average Bonchev–Trinajstić information content (AvgIpc) is 3.01. The Balaban J connectivity index is 1.83. The van der Waals surface area contributed by atoms with Crippen molar-refractivity contribution in [3.8, 4) is 0 Å². The van der Waals surface area contributed by atoms with Gasteiger partial charge in [-0.05, 0) is 55.3 Å². The number of sulfonamides is 1. The zero-order valence-corrected chi connectivity index (χ0v) is 27.2. The van der Waals surface area contributed by atoms with E-state index in [1.165, 1.54) is 53.4 Å². The molecule has 0 spiro atoms. The number of nitrogens with one attached hydrogen (secondary N) is 1. The van der Waals surface area contributed by atoms with Gasteiger partial charge < -0.3 is 10.2 Å². The lowest BCUT2D eigenvalue weighted by atomic mass is 10.0. The number of amides is 2. The molecule has 0 unspecified atom stereocenters. The summed E-state index contributed by atoms with van der Waals surface area (Å²) >= 11 is 12.5. The van der Waals surface area contributed by atoms with Crippen LogP contribution in [0.25, 0.3) is 0 Å². The van der Waals surface area contributed by atoms with Crippen LogP contribution in [0.15, 0.2) is 102 Å². The Morgan fingerprint density at radius 1 is 0.889 bits per heavy atom. The summed E-state index contributed by atoms with van der Waals surface area (Å²) in [7, 11) is -4.34. The molecule has 0 radical (unpaired) electrons. The van der Waals surface area contributed by atoms with Gasteiger partial charge in [-0.2, -0.15) is 0 Å². The Labute approximate surface area is 273 Å². The van der Waals surface area contributed by atoms with Crippen molar-refractivity contribution in [2.75, 3.05) is 17.4 Å². The largest absolute Gasteiger partial charge is 0.354 e. The van der Waals surface area contributed by atoms with Crippen molar-refractivity contribution in [1.29, 1.82) is 0 Å². The van der Waals surface area contributed by atoms with Crippen LogP contribution in [0.3, 0.4) is 0 Å². The molecule has 0 fully saturated rings. The van der Waals surface area contributed by atoms with E-state index in [4.69, 9.17) is 23.2 Å². The van der Waals surface area contributed by atoms with Gasteiger partial charge in [-0.15, -0.1) is 0 Å². The number of nitrogens with zero attached hydrogens (tertiary/aromatic N) is 2. The summed E-state index contributed by atoms with van der Waals surface area (Å²) in [4.78, 5) is 29.2. The summed E-state index contributed by atoms with van der Waals surface area (Å²) in [5, 5.41) is 3.19. The van der Waals surface area contributed by atoms with Crippen LogP contribution in [0.5, 0.6) is 0 Å². The SMILES string of the molecule is CCCNC(=O)[C@H](Cc1ccccc1)N(Cc1ccccc1F)C(=O)CN(c1cc(Cl)cc(Cl)c1)S(=O)(=O)c1ccc(C)cc1. The average molecular weight is 671 g/mol. The number of hydrogen-bond donors (Lipinski definition) is 1. The fraction of sp³-hybridized carbons (Fsp3) is 0.235. The second kappa shape index (κ2) is 15.4. The molecule has 7 nitrogen and oxygen atoms in total. The molecule has 2 amide bonds. The fourth-order valence-electron chi connectivity index (χ4n) is 4.78. The molecule has 0 aliphatic heterocycles. The van der Waals surface area contributed by atoms with Crippen LogP contribution in [0, 0.1) is 12.7 Å². The standard InChI is InChI=1S/C34H34Cl2FN3O4S/c1-3-17-38-34(42)32(18-25-9-5-4-6-10-25)39(22-26-11-7-8-12-31(26)37)33(41)23-40(29-20-27(35)19-28(36)21-29)45(43,44)30-15-13-24(2)14-16-30/h4-16,19-21,32H,3,17-18,22-23H2,1-2H3,(H,38,42)/t32-/m0/s1. The van der Waals surface area contributed by atoms with Gasteiger partial charge in [0, 0.05) is 35.1 Å². The zero-order valence-electron chi connectivity index (χ0n) is 24.9. The first-order chi connectivity index (χ1) is 21.5. The molecule has 11 heteroatoms. The number of anilines is 1. The fourth-order valence-corrected chi connectivity index (χ4v) is 6.69. The molecule has 4 aromatic rings. The second-order valence-corrected chi connectivity index (χ2v) is 13.3. The maximum atomic E-state index is 15.0. The van der Waals surface area contributed by atoms with Gasteiger partial charge in [0.15, 0.2) is 0 Å². The first kappa shape index (κ1) is 34.0. The van der Waals surface area contributed by atoms with E-state index < -0.39 is 40.2 Å². The molecule has 236 valence electrons. The van der Waals surface area contributed by atoms with Crippen LogP contribution in [0.2, 0.25) is 10.0 Å². The van der Waals surface area contributed by atoms with Crippen molar-refractivity contribution in [2.45, 2.75) is 44.2 Å². The van der Waals surface area contributed by atoms with E-state index in [1.54, 1.807) is 18.2 Å². The maximum Gasteiger partial charge on any atom is 0.264 e. The summed E-state index contributed by atoms with van der Waals surface area (Å²) in [5.74, 6) is -1.73. The van der Waals surface area contributed by atoms with Gasteiger partial charge in [-0.3, -0.25) is 13.9 Å². The number of rotatable bonds is 13. The Hall–Kier alpha value is -3.92. The zero-order chi connectivity index (χ0) is 32.6. The van der Waals surface area contributed by atoms with Crippen LogP contribution >= 0.6 is 23.2 Å². The van der Waals surface area contributed by atoms with Gasteiger partial charge in [-0.25, -0.2) is 12.8 Å². The number of carbonyl (C=O) groups excluding carboxylic acids is 2. The van der Waals surface area contributed by atoms with E-state index in [-0.39, 0.29) is 39.2 Å². The van der Waals surface area contributed by atoms with Crippen molar-refractivity contribution in [2.24, 2.45) is 0 Å². The van der Waals surface area contributed by atoms with Crippen molar-refractivity contribution < 1.29 is 22.4 Å². The molecule has 1 atom stereocenters. The molecule has 1 N–H and O–H groups in total. The lowest BCUT2D eigenvalue weighted by molar-refractivity contribution is -0.140. The number of halogens is 3. The van der Waals surface area contributed by atoms with Crippen LogP contribution in [-0.4, -0.2) is 44.3 Å². The van der Waals surface area contributed by atoms with Gasteiger partial charge in [0.2, 0.25) is 11.8 Å². The second-order valence-electron chi connectivity index (χ2n) is 10.6. The topological polar surface area (TPSA) is 86.8 Å². The quantitative estimate of drug-likeness (QED) is 0.170. The van der Waals surface area contributed by atoms with Crippen molar-refractivity contribution in [1.82, 2.24) is 10.2 Å². The Bertz CT molecular complexity index is 1720. The molecule has 0 bridgehead atoms. The monoisotopic (exact) mass is 669 g/mol. The van der Waals surface area contributed by atoms with Crippen LogP contribution in [-0.2, 0) is 32.6 Å². The van der Waals surface area contributed by atoms with Crippen LogP contribution < -0.4 is 9.62 Å². The van der Waals surface area contributed by atoms with Crippen LogP contribution in [0.1, 0.15) is 30.0 Å². The van der Waals surface area contributed by atoms with Crippen molar-refractivity contribution in [3.05, 3.63) is 130 Å². The maximum absolute atomic E-state index is 15.0. The summed E-state index contributed by atoms with van der Waals surface area (Å²) in [6, 6.07) is 24.4. The smallest absolute Gasteiger partial charge is 0.264 e. The summed E-state index contributed by atoms with van der Waals surface area (Å²) in [6.07, 6.45) is 0.771. The lowest BCUT2D eigenvalue weighted by Crippen LogP contribution is -2.53. The summed E-state index contributed by atoms with van der Waals surface area (Å²) < 4.78 is 44.1. The Kier molecular flexibility index (Phi) is 11.6. The lowest BCUT2D eigenvalue weighted by Gasteiger charge is -2.34. The van der Waals surface area contributed by atoms with E-state index in [9.17, 15) is 22.4 Å². The third-order valence-electron chi connectivity index (χ3n) is 7.14. The van der Waals surface area contributed by atoms with E-state index in [0.29, 0.717) is 13.0 Å². The van der Waals surface area contributed by atoms with Gasteiger partial charge in [0.25, 0.3) is 10.0 Å². The van der Waals surface area contributed by atoms with Crippen molar-refractivity contribution >= 4 is 50.7 Å². The highest BCUT2D eigenvalue weighted by Gasteiger charge is 2.35. The minimum atomic E-state index is -4.34. The highest BCUT2D eigenvalue weighted by atomic mass is 35.5. The molecule has 0 saturated heterocycles. The molecular weight excluding hydrogens is 636 g/mol.